The number of carboxylic acids is 2. The molecule has 5 N–H and O–H groups in total. The third-order valence-corrected chi connectivity index (χ3v) is 4.58. The minimum absolute atomic E-state index is 0.416. The number of carboxylic acid groups (broad SMARTS) is 2. The van der Waals surface area contributed by atoms with E-state index in [0.717, 1.165) is 36.5 Å². The Morgan fingerprint density at radius 2 is 1.38 bits per heavy atom. The van der Waals surface area contributed by atoms with E-state index in [1.54, 1.807) is 12.1 Å². The van der Waals surface area contributed by atoms with Gasteiger partial charge in [-0.2, -0.15) is 26.3 Å². The van der Waals surface area contributed by atoms with Gasteiger partial charge in [-0.05, 0) is 75.4 Å². The normalized spacial score (nSPS) is 11.0. The van der Waals surface area contributed by atoms with Gasteiger partial charge in [0.2, 0.25) is 5.91 Å². The van der Waals surface area contributed by atoms with Gasteiger partial charge in [-0.15, -0.1) is 0 Å². The van der Waals surface area contributed by atoms with E-state index in [4.69, 9.17) is 30.3 Å². The first-order valence-corrected chi connectivity index (χ1v) is 11.5. The van der Waals surface area contributed by atoms with Crippen molar-refractivity contribution in [2.75, 3.05) is 40.3 Å². The highest BCUT2D eigenvalue weighted by Crippen LogP contribution is 2.23. The van der Waals surface area contributed by atoms with E-state index >= 15 is 0 Å². The summed E-state index contributed by atoms with van der Waals surface area (Å²) in [7, 11) is 4.20. The Morgan fingerprint density at radius 3 is 1.82 bits per heavy atom. The third kappa shape index (κ3) is 16.9. The van der Waals surface area contributed by atoms with Gasteiger partial charge in [-0.3, -0.25) is 4.79 Å². The second kappa shape index (κ2) is 17.7. The summed E-state index contributed by atoms with van der Waals surface area (Å²) < 4.78 is 69.2. The van der Waals surface area contributed by atoms with Crippen molar-refractivity contribution in [3.05, 3.63) is 54.1 Å². The number of unbranched alkanes of at least 4 members (excludes halogenated alkanes) is 1. The molecule has 0 unspecified atom stereocenters. The summed E-state index contributed by atoms with van der Waals surface area (Å²) in [5.74, 6) is -5.09. The van der Waals surface area contributed by atoms with Gasteiger partial charge in [0, 0.05) is 12.1 Å². The van der Waals surface area contributed by atoms with Crippen LogP contribution in [0.15, 0.2) is 48.5 Å². The molecule has 0 saturated carbocycles. The van der Waals surface area contributed by atoms with E-state index in [9.17, 15) is 31.1 Å². The van der Waals surface area contributed by atoms with Crippen LogP contribution in [-0.4, -0.2) is 85.6 Å². The summed E-state index contributed by atoms with van der Waals surface area (Å²) >= 11 is 0. The Balaban J connectivity index is 0.000000894. The van der Waals surface area contributed by atoms with Crippen LogP contribution < -0.4 is 15.8 Å². The molecule has 0 fully saturated rings. The molecule has 0 atom stereocenters. The fourth-order valence-corrected chi connectivity index (χ4v) is 2.64. The molecule has 224 valence electrons. The number of ether oxygens (including phenoxy) is 1. The molecule has 15 heteroatoms. The summed E-state index contributed by atoms with van der Waals surface area (Å²) in [5, 5.41) is 17.6. The predicted molar refractivity (Wildman–Crippen MR) is 134 cm³/mol. The lowest BCUT2D eigenvalue weighted by atomic mass is 10.0. The minimum Gasteiger partial charge on any atom is -0.492 e. The Bertz CT molecular complexity index is 1040. The van der Waals surface area contributed by atoms with Crippen LogP contribution in [0.25, 0.3) is 11.1 Å². The molecule has 40 heavy (non-hydrogen) atoms. The van der Waals surface area contributed by atoms with Gasteiger partial charge >= 0.3 is 24.3 Å². The van der Waals surface area contributed by atoms with Crippen LogP contribution in [0, 0.1) is 0 Å². The highest BCUT2D eigenvalue weighted by Gasteiger charge is 2.38. The number of rotatable bonds is 11. The minimum atomic E-state index is -5.08. The van der Waals surface area contributed by atoms with Crippen molar-refractivity contribution in [1.82, 2.24) is 10.2 Å². The van der Waals surface area contributed by atoms with Crippen LogP contribution >= 0.6 is 0 Å². The second-order valence-electron chi connectivity index (χ2n) is 8.18. The van der Waals surface area contributed by atoms with Gasteiger partial charge in [0.1, 0.15) is 12.4 Å². The van der Waals surface area contributed by atoms with Gasteiger partial charge in [0.05, 0.1) is 0 Å². The Labute approximate surface area is 226 Å². The molecule has 0 saturated heterocycles. The second-order valence-corrected chi connectivity index (χ2v) is 8.18. The molecule has 0 aromatic heterocycles. The predicted octanol–water partition coefficient (Wildman–Crippen LogP) is 4.03. The van der Waals surface area contributed by atoms with Crippen LogP contribution in [0.3, 0.4) is 0 Å². The van der Waals surface area contributed by atoms with Gasteiger partial charge in [0.25, 0.3) is 0 Å². The number of amides is 1. The van der Waals surface area contributed by atoms with Crippen LogP contribution in [0.2, 0.25) is 0 Å². The molecule has 0 radical (unpaired) electrons. The maximum atomic E-state index is 11.3. The van der Waals surface area contributed by atoms with E-state index in [2.05, 4.69) is 24.3 Å². The van der Waals surface area contributed by atoms with E-state index in [1.165, 1.54) is 12.8 Å². The number of carbonyl (C=O) groups is 3. The first-order chi connectivity index (χ1) is 18.4. The maximum Gasteiger partial charge on any atom is 0.490 e. The smallest absolute Gasteiger partial charge is 0.490 e. The molecule has 1 amide bonds. The van der Waals surface area contributed by atoms with E-state index in [1.807, 2.05) is 36.4 Å². The average Bonchev–Trinajstić information content (AvgIpc) is 2.85. The number of alkyl halides is 6. The number of primary amides is 1. The zero-order valence-corrected chi connectivity index (χ0v) is 21.7. The van der Waals surface area contributed by atoms with Crippen molar-refractivity contribution < 1.29 is 55.7 Å². The quantitative estimate of drug-likeness (QED) is 0.230. The molecule has 0 heterocycles. The van der Waals surface area contributed by atoms with Crippen molar-refractivity contribution >= 4 is 17.8 Å². The molecular formula is C25H31F6N3O6. The Morgan fingerprint density at radius 1 is 0.850 bits per heavy atom. The van der Waals surface area contributed by atoms with E-state index < -0.39 is 30.2 Å². The number of nitrogens with zero attached hydrogens (tertiary/aromatic N) is 1. The molecule has 2 aromatic rings. The first-order valence-electron chi connectivity index (χ1n) is 11.5. The first kappa shape index (κ1) is 36.1. The maximum absolute atomic E-state index is 11.3. The monoisotopic (exact) mass is 583 g/mol. The molecule has 0 spiro atoms. The summed E-state index contributed by atoms with van der Waals surface area (Å²) in [6, 6.07) is 15.2. The van der Waals surface area contributed by atoms with Gasteiger partial charge in [0.15, 0.2) is 0 Å². The number of benzene rings is 2. The van der Waals surface area contributed by atoms with Gasteiger partial charge < -0.3 is 30.9 Å². The number of aliphatic carboxylic acids is 2. The molecule has 2 aromatic carbocycles. The standard InChI is InChI=1S/C21H29N3O2.2C2HF3O2/c1-24(2)14-4-3-12-23-13-15-26-20-10-8-17(9-11-20)18-6-5-7-19(16-18)21(22)25;2*3-2(4,5)1(6)7/h5-11,16,23H,3-4,12-15H2,1-2H3,(H2,22,25);2*(H,6,7). The fourth-order valence-electron chi connectivity index (χ4n) is 2.64. The summed E-state index contributed by atoms with van der Waals surface area (Å²) in [5.41, 5.74) is 7.84. The van der Waals surface area contributed by atoms with E-state index in [0.29, 0.717) is 12.2 Å². The highest BCUT2D eigenvalue weighted by atomic mass is 19.4. The number of halogens is 6. The topological polar surface area (TPSA) is 142 Å². The number of hydrogen-bond donors (Lipinski definition) is 4. The number of hydrogen-bond acceptors (Lipinski definition) is 6. The number of nitrogens with one attached hydrogen (secondary N) is 1. The lowest BCUT2D eigenvalue weighted by Gasteiger charge is -2.10. The highest BCUT2D eigenvalue weighted by molar-refractivity contribution is 5.94. The van der Waals surface area contributed by atoms with Crippen molar-refractivity contribution in [3.63, 3.8) is 0 Å². The van der Waals surface area contributed by atoms with Crippen molar-refractivity contribution in [2.45, 2.75) is 25.2 Å². The molecule has 0 aliphatic rings. The molecular weight excluding hydrogens is 552 g/mol. The van der Waals surface area contributed by atoms with Crippen LogP contribution in [0.4, 0.5) is 26.3 Å². The van der Waals surface area contributed by atoms with Crippen molar-refractivity contribution in [1.29, 1.82) is 0 Å². The van der Waals surface area contributed by atoms with E-state index in [-0.39, 0.29) is 0 Å². The fraction of sp³-hybridized carbons (Fsp3) is 0.400. The number of nitrogens with two attached hydrogens (primary N) is 1. The number of carbonyl (C=O) groups excluding carboxylic acids is 1. The summed E-state index contributed by atoms with van der Waals surface area (Å²) in [6.07, 6.45) is -7.78. The van der Waals surface area contributed by atoms with Gasteiger partial charge in [-0.1, -0.05) is 24.3 Å². The SMILES string of the molecule is CN(C)CCCCNCCOc1ccc(-c2cccc(C(N)=O)c2)cc1.O=C(O)C(F)(F)F.O=C(O)C(F)(F)F. The molecule has 2 rings (SSSR count). The Kier molecular flexibility index (Phi) is 16.0. The zero-order valence-electron chi connectivity index (χ0n) is 21.7. The summed E-state index contributed by atoms with van der Waals surface area (Å²) in [4.78, 5) is 31.3. The molecule has 0 aliphatic heterocycles. The van der Waals surface area contributed by atoms with Crippen LogP contribution in [-0.2, 0) is 9.59 Å². The summed E-state index contributed by atoms with van der Waals surface area (Å²) in [6.45, 7) is 3.63. The molecule has 0 bridgehead atoms. The Hall–Kier alpha value is -3.85. The molecule has 0 aliphatic carbocycles. The lowest BCUT2D eigenvalue weighted by Crippen LogP contribution is -2.23. The zero-order chi connectivity index (χ0) is 30.9. The third-order valence-electron chi connectivity index (χ3n) is 4.58. The molecule has 9 nitrogen and oxygen atoms in total. The van der Waals surface area contributed by atoms with Crippen molar-refractivity contribution in [2.24, 2.45) is 5.73 Å². The van der Waals surface area contributed by atoms with Gasteiger partial charge in [-0.25, -0.2) is 9.59 Å². The average molecular weight is 584 g/mol. The van der Waals surface area contributed by atoms with Crippen molar-refractivity contribution in [3.8, 4) is 16.9 Å². The lowest BCUT2D eigenvalue weighted by molar-refractivity contribution is -0.193. The van der Waals surface area contributed by atoms with Crippen LogP contribution in [0.1, 0.15) is 23.2 Å². The largest absolute Gasteiger partial charge is 0.492 e. The van der Waals surface area contributed by atoms with Crippen LogP contribution in [0.5, 0.6) is 5.75 Å².